The van der Waals surface area contributed by atoms with Crippen molar-refractivity contribution in [3.8, 4) is 5.75 Å². The van der Waals surface area contributed by atoms with Crippen LogP contribution >= 0.6 is 0 Å². The number of benzene rings is 3. The zero-order chi connectivity index (χ0) is 23.1. The molecule has 32 heavy (non-hydrogen) atoms. The molecule has 1 atom stereocenters. The lowest BCUT2D eigenvalue weighted by atomic mass is 10.1. The predicted octanol–water partition coefficient (Wildman–Crippen LogP) is 6.92. The van der Waals surface area contributed by atoms with E-state index in [4.69, 9.17) is 9.47 Å². The van der Waals surface area contributed by atoms with Gasteiger partial charge in [-0.1, -0.05) is 42.5 Å². The first-order valence-corrected chi connectivity index (χ1v) is 10.5. The van der Waals surface area contributed by atoms with E-state index in [1.54, 1.807) is 20.8 Å². The fraction of sp³-hybridized carbons (Fsp3) is 0.269. The molecule has 168 valence electrons. The fourth-order valence-electron chi connectivity index (χ4n) is 3.07. The third-order valence-corrected chi connectivity index (χ3v) is 4.62. The molecule has 3 aromatic carbocycles. The number of amides is 1. The normalized spacial score (nSPS) is 12.0. The molecule has 0 fully saturated rings. The Morgan fingerprint density at radius 2 is 1.66 bits per heavy atom. The summed E-state index contributed by atoms with van der Waals surface area (Å²) in [5, 5.41) is 5.94. The minimum atomic E-state index is -0.630. The van der Waals surface area contributed by atoms with Crippen molar-refractivity contribution in [1.82, 2.24) is 0 Å². The molecule has 0 aliphatic carbocycles. The van der Waals surface area contributed by atoms with Crippen molar-refractivity contribution >= 4 is 17.5 Å². The third-order valence-electron chi connectivity index (χ3n) is 4.62. The van der Waals surface area contributed by atoms with Crippen molar-refractivity contribution in [3.63, 3.8) is 0 Å². The maximum Gasteiger partial charge on any atom is 0.412 e. The smallest absolute Gasteiger partial charge is 0.412 e. The second-order valence-corrected chi connectivity index (χ2v) is 8.53. The molecular weight excluding hydrogens is 407 g/mol. The summed E-state index contributed by atoms with van der Waals surface area (Å²) < 4.78 is 25.0. The Balaban J connectivity index is 1.65. The molecule has 2 N–H and O–H groups in total. The molecule has 3 rings (SSSR count). The van der Waals surface area contributed by atoms with E-state index in [9.17, 15) is 9.18 Å². The van der Waals surface area contributed by atoms with Gasteiger partial charge in [-0.3, -0.25) is 5.32 Å². The summed E-state index contributed by atoms with van der Waals surface area (Å²) in [7, 11) is 0. The molecule has 0 saturated heterocycles. The molecule has 0 aliphatic heterocycles. The number of carbonyl (C=O) groups excluding carboxylic acids is 1. The van der Waals surface area contributed by atoms with Gasteiger partial charge in [-0.2, -0.15) is 0 Å². The highest BCUT2D eigenvalue weighted by atomic mass is 19.1. The van der Waals surface area contributed by atoms with Gasteiger partial charge in [0.25, 0.3) is 0 Å². The zero-order valence-electron chi connectivity index (χ0n) is 18.8. The number of rotatable bonds is 7. The van der Waals surface area contributed by atoms with E-state index in [2.05, 4.69) is 10.6 Å². The second-order valence-electron chi connectivity index (χ2n) is 8.53. The summed E-state index contributed by atoms with van der Waals surface area (Å²) in [5.41, 5.74) is 2.37. The number of carbonyl (C=O) groups is 1. The highest BCUT2D eigenvalue weighted by molar-refractivity contribution is 5.89. The SMILES string of the molecule is CC(Nc1cc(F)ccc1NC(=O)OC(C)(C)C)c1ccc(OCc2ccccc2)cc1. The molecule has 3 aromatic rings. The van der Waals surface area contributed by atoms with Crippen molar-refractivity contribution in [3.05, 3.63) is 89.7 Å². The predicted molar refractivity (Wildman–Crippen MR) is 126 cm³/mol. The van der Waals surface area contributed by atoms with Crippen LogP contribution in [0.3, 0.4) is 0 Å². The number of nitrogens with one attached hydrogen (secondary N) is 2. The minimum Gasteiger partial charge on any atom is -0.489 e. The Morgan fingerprint density at radius 3 is 2.31 bits per heavy atom. The zero-order valence-corrected chi connectivity index (χ0v) is 18.8. The van der Waals surface area contributed by atoms with Crippen LogP contribution in [0.5, 0.6) is 5.75 Å². The summed E-state index contributed by atoms with van der Waals surface area (Å²) >= 11 is 0. The third kappa shape index (κ3) is 7.01. The number of halogens is 1. The van der Waals surface area contributed by atoms with Gasteiger partial charge >= 0.3 is 6.09 Å². The lowest BCUT2D eigenvalue weighted by molar-refractivity contribution is 0.0636. The molecule has 0 heterocycles. The molecule has 0 aromatic heterocycles. The number of hydrogen-bond acceptors (Lipinski definition) is 4. The van der Waals surface area contributed by atoms with E-state index in [1.807, 2.05) is 61.5 Å². The summed E-state index contributed by atoms with van der Waals surface area (Å²) in [6, 6.07) is 21.7. The van der Waals surface area contributed by atoms with Gasteiger partial charge in [0, 0.05) is 6.04 Å². The van der Waals surface area contributed by atoms with E-state index in [-0.39, 0.29) is 6.04 Å². The van der Waals surface area contributed by atoms with Crippen LogP contribution in [0.25, 0.3) is 0 Å². The molecule has 1 amide bonds. The molecular formula is C26H29FN2O3. The van der Waals surface area contributed by atoms with E-state index in [0.717, 1.165) is 16.9 Å². The average molecular weight is 437 g/mol. The molecule has 1 unspecified atom stereocenters. The van der Waals surface area contributed by atoms with Crippen LogP contribution in [0.1, 0.15) is 44.9 Å². The van der Waals surface area contributed by atoms with E-state index >= 15 is 0 Å². The van der Waals surface area contributed by atoms with E-state index in [1.165, 1.54) is 18.2 Å². The maximum atomic E-state index is 13.9. The largest absolute Gasteiger partial charge is 0.489 e. The van der Waals surface area contributed by atoms with E-state index < -0.39 is 17.5 Å². The summed E-state index contributed by atoms with van der Waals surface area (Å²) in [6.45, 7) is 7.81. The van der Waals surface area contributed by atoms with Crippen molar-refractivity contribution in [2.24, 2.45) is 0 Å². The van der Waals surface area contributed by atoms with Gasteiger partial charge in [-0.15, -0.1) is 0 Å². The Labute approximate surface area is 188 Å². The Bertz CT molecular complexity index is 1030. The van der Waals surface area contributed by atoms with Crippen molar-refractivity contribution < 1.29 is 18.7 Å². The highest BCUT2D eigenvalue weighted by Gasteiger charge is 2.18. The molecule has 6 heteroatoms. The van der Waals surface area contributed by atoms with E-state index in [0.29, 0.717) is 18.0 Å². The van der Waals surface area contributed by atoms with Crippen LogP contribution in [-0.2, 0) is 11.3 Å². The first-order valence-electron chi connectivity index (χ1n) is 10.5. The lowest BCUT2D eigenvalue weighted by Gasteiger charge is -2.22. The lowest BCUT2D eigenvalue weighted by Crippen LogP contribution is -2.27. The first-order chi connectivity index (χ1) is 15.2. The van der Waals surface area contributed by atoms with Gasteiger partial charge in [-0.25, -0.2) is 9.18 Å². The topological polar surface area (TPSA) is 59.6 Å². The molecule has 0 spiro atoms. The second kappa shape index (κ2) is 10.2. The van der Waals surface area contributed by atoms with Gasteiger partial charge in [0.2, 0.25) is 0 Å². The molecule has 0 aliphatic rings. The van der Waals surface area contributed by atoms with Crippen molar-refractivity contribution in [2.75, 3.05) is 10.6 Å². The van der Waals surface area contributed by atoms with Gasteiger partial charge in [0.1, 0.15) is 23.8 Å². The van der Waals surface area contributed by atoms with Crippen LogP contribution in [0.15, 0.2) is 72.8 Å². The Kier molecular flexibility index (Phi) is 7.36. The van der Waals surface area contributed by atoms with Crippen LogP contribution in [-0.4, -0.2) is 11.7 Å². The monoisotopic (exact) mass is 436 g/mol. The van der Waals surface area contributed by atoms with Crippen molar-refractivity contribution in [2.45, 2.75) is 45.9 Å². The van der Waals surface area contributed by atoms with Crippen LogP contribution < -0.4 is 15.4 Å². The van der Waals surface area contributed by atoms with Crippen LogP contribution in [0.4, 0.5) is 20.6 Å². The minimum absolute atomic E-state index is 0.140. The number of ether oxygens (including phenoxy) is 2. The van der Waals surface area contributed by atoms with Gasteiger partial charge < -0.3 is 14.8 Å². The average Bonchev–Trinajstić information content (AvgIpc) is 2.74. The molecule has 0 saturated carbocycles. The van der Waals surface area contributed by atoms with Crippen LogP contribution in [0.2, 0.25) is 0 Å². The summed E-state index contributed by atoms with van der Waals surface area (Å²) in [6.07, 6.45) is -0.597. The summed E-state index contributed by atoms with van der Waals surface area (Å²) in [4.78, 5) is 12.2. The van der Waals surface area contributed by atoms with Crippen molar-refractivity contribution in [1.29, 1.82) is 0 Å². The fourth-order valence-corrected chi connectivity index (χ4v) is 3.07. The van der Waals surface area contributed by atoms with Gasteiger partial charge in [0.15, 0.2) is 0 Å². The molecule has 0 bridgehead atoms. The Morgan fingerprint density at radius 1 is 0.969 bits per heavy atom. The number of anilines is 2. The first kappa shape index (κ1) is 23.1. The number of hydrogen-bond donors (Lipinski definition) is 2. The maximum absolute atomic E-state index is 13.9. The molecule has 5 nitrogen and oxygen atoms in total. The molecule has 0 radical (unpaired) electrons. The van der Waals surface area contributed by atoms with Crippen LogP contribution in [0, 0.1) is 5.82 Å². The standard InChI is InChI=1S/C26H29FN2O3/c1-18(20-10-13-22(14-11-20)31-17-19-8-6-5-7-9-19)28-24-16-21(27)12-15-23(24)29-25(30)32-26(2,3)4/h5-16,18,28H,17H2,1-4H3,(H,29,30). The Hall–Kier alpha value is -3.54. The highest BCUT2D eigenvalue weighted by Crippen LogP contribution is 2.29. The van der Waals surface area contributed by atoms with Gasteiger partial charge in [0.05, 0.1) is 11.4 Å². The summed E-state index contributed by atoms with van der Waals surface area (Å²) in [5.74, 6) is 0.363. The quantitative estimate of drug-likeness (QED) is 0.422. The van der Waals surface area contributed by atoms with Gasteiger partial charge in [-0.05, 0) is 69.2 Å².